The molecule has 0 amide bonds. The third-order valence-corrected chi connectivity index (χ3v) is 2.93. The fraction of sp³-hybridized carbons (Fsp3) is 0.923. The summed E-state index contributed by atoms with van der Waals surface area (Å²) >= 11 is 0. The van der Waals surface area contributed by atoms with Crippen LogP contribution in [-0.2, 0) is 9.53 Å². The minimum absolute atomic E-state index is 0.119. The van der Waals surface area contributed by atoms with Crippen molar-refractivity contribution in [2.75, 3.05) is 6.54 Å². The van der Waals surface area contributed by atoms with Crippen LogP contribution in [0.2, 0.25) is 0 Å². The number of nitrogens with one attached hydrogen (secondary N) is 1. The summed E-state index contributed by atoms with van der Waals surface area (Å²) in [7, 11) is 0. The standard InChI is InChI=1S/C13H25NO2/c1-12(2,3)16-11(15)8-9-14-13(4,5)10-6-7-10/h10,14H,6-9H2,1-5H3. The predicted molar refractivity (Wildman–Crippen MR) is 65.3 cm³/mol. The Labute approximate surface area is 98.9 Å². The highest BCUT2D eigenvalue weighted by Crippen LogP contribution is 2.39. The summed E-state index contributed by atoms with van der Waals surface area (Å²) in [6.07, 6.45) is 3.08. The average molecular weight is 227 g/mol. The van der Waals surface area contributed by atoms with Crippen LogP contribution < -0.4 is 5.32 Å². The van der Waals surface area contributed by atoms with Crippen LogP contribution in [0.25, 0.3) is 0 Å². The van der Waals surface area contributed by atoms with Crippen molar-refractivity contribution in [2.24, 2.45) is 5.92 Å². The van der Waals surface area contributed by atoms with E-state index < -0.39 is 0 Å². The predicted octanol–water partition coefficient (Wildman–Crippen LogP) is 2.50. The van der Waals surface area contributed by atoms with Crippen LogP contribution in [0.4, 0.5) is 0 Å². The molecule has 1 fully saturated rings. The molecule has 1 aliphatic carbocycles. The number of esters is 1. The minimum atomic E-state index is -0.372. The first-order chi connectivity index (χ1) is 7.21. The van der Waals surface area contributed by atoms with Gasteiger partial charge in [-0.1, -0.05) is 0 Å². The van der Waals surface area contributed by atoms with Crippen molar-refractivity contribution in [3.63, 3.8) is 0 Å². The molecule has 0 unspecified atom stereocenters. The molecule has 0 aromatic rings. The van der Waals surface area contributed by atoms with Gasteiger partial charge in [-0.15, -0.1) is 0 Å². The van der Waals surface area contributed by atoms with Crippen LogP contribution in [0.15, 0.2) is 0 Å². The molecule has 0 aromatic carbocycles. The average Bonchev–Trinajstić information content (AvgIpc) is 2.80. The van der Waals surface area contributed by atoms with Crippen molar-refractivity contribution >= 4 is 5.97 Å². The summed E-state index contributed by atoms with van der Waals surface area (Å²) < 4.78 is 5.25. The highest BCUT2D eigenvalue weighted by Gasteiger charge is 2.37. The van der Waals surface area contributed by atoms with Gasteiger partial charge in [0, 0.05) is 12.1 Å². The smallest absolute Gasteiger partial charge is 0.307 e. The van der Waals surface area contributed by atoms with Crippen LogP contribution in [0.3, 0.4) is 0 Å². The van der Waals surface area contributed by atoms with E-state index in [0.29, 0.717) is 13.0 Å². The lowest BCUT2D eigenvalue weighted by molar-refractivity contribution is -0.154. The number of carbonyl (C=O) groups is 1. The van der Waals surface area contributed by atoms with E-state index in [4.69, 9.17) is 4.74 Å². The molecular weight excluding hydrogens is 202 g/mol. The number of ether oxygens (including phenoxy) is 1. The summed E-state index contributed by atoms with van der Waals surface area (Å²) in [6, 6.07) is 0. The maximum Gasteiger partial charge on any atom is 0.307 e. The second-order valence-corrected chi connectivity index (χ2v) is 6.26. The molecule has 1 rings (SSSR count). The molecule has 0 aliphatic heterocycles. The van der Waals surface area contributed by atoms with E-state index in [0.717, 1.165) is 5.92 Å². The SMILES string of the molecule is CC(C)(C)OC(=O)CCNC(C)(C)C1CC1. The van der Waals surface area contributed by atoms with Crippen LogP contribution in [-0.4, -0.2) is 23.7 Å². The third-order valence-electron chi connectivity index (χ3n) is 2.93. The van der Waals surface area contributed by atoms with E-state index in [2.05, 4.69) is 19.2 Å². The van der Waals surface area contributed by atoms with Crippen molar-refractivity contribution in [1.82, 2.24) is 5.32 Å². The molecule has 0 saturated heterocycles. The first-order valence-electron chi connectivity index (χ1n) is 6.17. The van der Waals surface area contributed by atoms with Gasteiger partial charge >= 0.3 is 5.97 Å². The van der Waals surface area contributed by atoms with E-state index in [1.54, 1.807) is 0 Å². The van der Waals surface area contributed by atoms with Gasteiger partial charge in [-0.05, 0) is 53.4 Å². The maximum absolute atomic E-state index is 11.5. The number of carbonyl (C=O) groups excluding carboxylic acids is 1. The van der Waals surface area contributed by atoms with Gasteiger partial charge in [0.15, 0.2) is 0 Å². The molecule has 94 valence electrons. The first-order valence-corrected chi connectivity index (χ1v) is 6.17. The summed E-state index contributed by atoms with van der Waals surface area (Å²) in [5.74, 6) is 0.665. The zero-order chi connectivity index (χ0) is 12.4. The Morgan fingerprint density at radius 3 is 2.25 bits per heavy atom. The number of rotatable bonds is 5. The summed E-state index contributed by atoms with van der Waals surface area (Å²) in [6.45, 7) is 10.8. The molecule has 0 atom stereocenters. The molecule has 1 N–H and O–H groups in total. The van der Waals surface area contributed by atoms with Gasteiger partial charge < -0.3 is 10.1 Å². The Hall–Kier alpha value is -0.570. The molecule has 0 heterocycles. The normalized spacial score (nSPS) is 17.3. The lowest BCUT2D eigenvalue weighted by Crippen LogP contribution is -2.42. The Kier molecular flexibility index (Phi) is 4.00. The molecule has 0 aromatic heterocycles. The second kappa shape index (κ2) is 4.74. The highest BCUT2D eigenvalue weighted by atomic mass is 16.6. The fourth-order valence-corrected chi connectivity index (χ4v) is 1.83. The highest BCUT2D eigenvalue weighted by molar-refractivity contribution is 5.70. The molecule has 16 heavy (non-hydrogen) atoms. The minimum Gasteiger partial charge on any atom is -0.460 e. The lowest BCUT2D eigenvalue weighted by atomic mass is 9.99. The van der Waals surface area contributed by atoms with Gasteiger partial charge in [-0.2, -0.15) is 0 Å². The molecule has 0 radical (unpaired) electrons. The van der Waals surface area contributed by atoms with Gasteiger partial charge in [0.05, 0.1) is 6.42 Å². The monoisotopic (exact) mass is 227 g/mol. The molecule has 0 bridgehead atoms. The second-order valence-electron chi connectivity index (χ2n) is 6.26. The van der Waals surface area contributed by atoms with Crippen molar-refractivity contribution in [3.05, 3.63) is 0 Å². The van der Waals surface area contributed by atoms with Crippen LogP contribution in [0, 0.1) is 5.92 Å². The van der Waals surface area contributed by atoms with Gasteiger partial charge in [0.25, 0.3) is 0 Å². The lowest BCUT2D eigenvalue weighted by Gasteiger charge is -2.26. The van der Waals surface area contributed by atoms with Gasteiger partial charge in [0.2, 0.25) is 0 Å². The third kappa shape index (κ3) is 4.97. The van der Waals surface area contributed by atoms with E-state index in [1.807, 2.05) is 20.8 Å². The van der Waals surface area contributed by atoms with Gasteiger partial charge in [-0.25, -0.2) is 0 Å². The Morgan fingerprint density at radius 2 is 1.81 bits per heavy atom. The Morgan fingerprint density at radius 1 is 1.25 bits per heavy atom. The molecule has 0 spiro atoms. The van der Waals surface area contributed by atoms with Crippen molar-refractivity contribution < 1.29 is 9.53 Å². The topological polar surface area (TPSA) is 38.3 Å². The number of hydrogen-bond donors (Lipinski definition) is 1. The molecular formula is C13H25NO2. The van der Waals surface area contributed by atoms with Gasteiger partial charge in [0.1, 0.15) is 5.60 Å². The fourth-order valence-electron chi connectivity index (χ4n) is 1.83. The summed E-state index contributed by atoms with van der Waals surface area (Å²) in [5.41, 5.74) is -0.203. The van der Waals surface area contributed by atoms with E-state index in [1.165, 1.54) is 12.8 Å². The molecule has 1 saturated carbocycles. The van der Waals surface area contributed by atoms with Gasteiger partial charge in [-0.3, -0.25) is 4.79 Å². The van der Waals surface area contributed by atoms with E-state index >= 15 is 0 Å². The van der Waals surface area contributed by atoms with Crippen molar-refractivity contribution in [1.29, 1.82) is 0 Å². The summed E-state index contributed by atoms with van der Waals surface area (Å²) in [4.78, 5) is 11.5. The maximum atomic E-state index is 11.5. The zero-order valence-electron chi connectivity index (χ0n) is 11.2. The quantitative estimate of drug-likeness (QED) is 0.733. The van der Waals surface area contributed by atoms with E-state index in [-0.39, 0.29) is 17.1 Å². The largest absolute Gasteiger partial charge is 0.460 e. The number of hydrogen-bond acceptors (Lipinski definition) is 3. The molecule has 3 heteroatoms. The van der Waals surface area contributed by atoms with Crippen LogP contribution in [0.1, 0.15) is 53.9 Å². The van der Waals surface area contributed by atoms with Crippen molar-refractivity contribution in [2.45, 2.75) is 65.0 Å². The summed E-state index contributed by atoms with van der Waals surface area (Å²) in [5, 5.41) is 3.44. The Balaban J connectivity index is 2.17. The first kappa shape index (κ1) is 13.5. The molecule has 3 nitrogen and oxygen atoms in total. The van der Waals surface area contributed by atoms with Crippen LogP contribution in [0.5, 0.6) is 0 Å². The molecule has 1 aliphatic rings. The Bertz CT molecular complexity index is 249. The van der Waals surface area contributed by atoms with E-state index in [9.17, 15) is 4.79 Å². The zero-order valence-corrected chi connectivity index (χ0v) is 11.2. The van der Waals surface area contributed by atoms with Crippen molar-refractivity contribution in [3.8, 4) is 0 Å². The van der Waals surface area contributed by atoms with Crippen LogP contribution >= 0.6 is 0 Å².